The maximum absolute atomic E-state index is 5.75. The van der Waals surface area contributed by atoms with Crippen molar-refractivity contribution in [1.82, 2.24) is 10.2 Å². The summed E-state index contributed by atoms with van der Waals surface area (Å²) < 4.78 is 11.4. The van der Waals surface area contributed by atoms with Gasteiger partial charge in [-0.2, -0.15) is 0 Å². The molecular formula is C12H24N2O2. The lowest BCUT2D eigenvalue weighted by Crippen LogP contribution is -2.60. The summed E-state index contributed by atoms with van der Waals surface area (Å²) in [4.78, 5) is 2.52. The van der Waals surface area contributed by atoms with E-state index in [9.17, 15) is 0 Å². The Morgan fingerprint density at radius 1 is 1.31 bits per heavy atom. The molecule has 16 heavy (non-hydrogen) atoms. The molecule has 94 valence electrons. The van der Waals surface area contributed by atoms with Gasteiger partial charge < -0.3 is 14.8 Å². The van der Waals surface area contributed by atoms with Crippen LogP contribution in [0.1, 0.15) is 20.3 Å². The summed E-state index contributed by atoms with van der Waals surface area (Å²) >= 11 is 0. The number of morpholine rings is 1. The Balaban J connectivity index is 1.99. The molecule has 0 radical (unpaired) electrons. The fourth-order valence-electron chi connectivity index (χ4n) is 2.76. The van der Waals surface area contributed by atoms with Gasteiger partial charge in [-0.25, -0.2) is 0 Å². The average molecular weight is 228 g/mol. The molecule has 0 aliphatic carbocycles. The minimum atomic E-state index is -0.0199. The Bertz CT molecular complexity index is 233. The third-order valence-electron chi connectivity index (χ3n) is 3.62. The molecule has 2 atom stereocenters. The molecule has 0 amide bonds. The van der Waals surface area contributed by atoms with E-state index >= 15 is 0 Å². The third kappa shape index (κ3) is 2.74. The molecule has 2 unspecified atom stereocenters. The molecule has 2 heterocycles. The van der Waals surface area contributed by atoms with Gasteiger partial charge in [0.15, 0.2) is 0 Å². The second-order valence-electron chi connectivity index (χ2n) is 5.40. The van der Waals surface area contributed by atoms with Crippen LogP contribution in [0.4, 0.5) is 0 Å². The van der Waals surface area contributed by atoms with Crippen LogP contribution in [0.15, 0.2) is 0 Å². The van der Waals surface area contributed by atoms with Gasteiger partial charge in [0.05, 0.1) is 18.8 Å². The maximum atomic E-state index is 5.75. The van der Waals surface area contributed by atoms with Gasteiger partial charge in [0.25, 0.3) is 0 Å². The highest BCUT2D eigenvalue weighted by atomic mass is 16.5. The van der Waals surface area contributed by atoms with Crippen molar-refractivity contribution in [3.05, 3.63) is 0 Å². The van der Waals surface area contributed by atoms with Crippen LogP contribution in [0, 0.1) is 0 Å². The smallest absolute Gasteiger partial charge is 0.0753 e. The van der Waals surface area contributed by atoms with Crippen LogP contribution in [0.5, 0.6) is 0 Å². The van der Waals surface area contributed by atoms with Crippen LogP contribution >= 0.6 is 0 Å². The standard InChI is InChI=1S/C12H24N2O2/c1-12(2)9-14(5-7-16-12)11-8-15-6-4-10(11)13-3/h10-11,13H,4-9H2,1-3H3. The molecule has 0 spiro atoms. The normalized spacial score (nSPS) is 36.2. The van der Waals surface area contributed by atoms with Crippen LogP contribution in [0.3, 0.4) is 0 Å². The maximum Gasteiger partial charge on any atom is 0.0753 e. The Hall–Kier alpha value is -0.160. The van der Waals surface area contributed by atoms with Crippen molar-refractivity contribution in [1.29, 1.82) is 0 Å². The number of hydrogen-bond acceptors (Lipinski definition) is 4. The van der Waals surface area contributed by atoms with Crippen molar-refractivity contribution in [2.24, 2.45) is 0 Å². The molecule has 0 aromatic heterocycles. The second kappa shape index (κ2) is 5.00. The average Bonchev–Trinajstić information content (AvgIpc) is 2.27. The largest absolute Gasteiger partial charge is 0.380 e. The van der Waals surface area contributed by atoms with Crippen molar-refractivity contribution < 1.29 is 9.47 Å². The highest BCUT2D eigenvalue weighted by molar-refractivity contribution is 4.91. The molecule has 2 fully saturated rings. The number of nitrogens with one attached hydrogen (secondary N) is 1. The topological polar surface area (TPSA) is 33.7 Å². The lowest BCUT2D eigenvalue weighted by molar-refractivity contribution is -0.116. The van der Waals surface area contributed by atoms with Crippen LogP contribution in [-0.2, 0) is 9.47 Å². The van der Waals surface area contributed by atoms with Crippen molar-refractivity contribution in [3.8, 4) is 0 Å². The van der Waals surface area contributed by atoms with E-state index in [4.69, 9.17) is 9.47 Å². The number of nitrogens with zero attached hydrogens (tertiary/aromatic N) is 1. The van der Waals surface area contributed by atoms with Gasteiger partial charge in [-0.3, -0.25) is 4.90 Å². The summed E-state index contributed by atoms with van der Waals surface area (Å²) in [7, 11) is 2.05. The number of hydrogen-bond donors (Lipinski definition) is 1. The van der Waals surface area contributed by atoms with E-state index in [0.717, 1.165) is 39.3 Å². The zero-order valence-corrected chi connectivity index (χ0v) is 10.7. The van der Waals surface area contributed by atoms with Crippen LogP contribution in [-0.4, -0.2) is 62.5 Å². The zero-order chi connectivity index (χ0) is 11.6. The summed E-state index contributed by atoms with van der Waals surface area (Å²) in [5.41, 5.74) is -0.0199. The van der Waals surface area contributed by atoms with Crippen molar-refractivity contribution >= 4 is 0 Å². The first-order chi connectivity index (χ1) is 7.62. The summed E-state index contributed by atoms with van der Waals surface area (Å²) in [6.07, 6.45) is 1.11. The van der Waals surface area contributed by atoms with Gasteiger partial charge in [0.2, 0.25) is 0 Å². The third-order valence-corrected chi connectivity index (χ3v) is 3.62. The van der Waals surface area contributed by atoms with Crippen LogP contribution in [0.2, 0.25) is 0 Å². The van der Waals surface area contributed by atoms with Crippen LogP contribution < -0.4 is 5.32 Å². The number of likely N-dealkylation sites (N-methyl/N-ethyl adjacent to an activating group) is 1. The van der Waals surface area contributed by atoms with E-state index in [2.05, 4.69) is 31.1 Å². The van der Waals surface area contributed by atoms with E-state index in [1.165, 1.54) is 0 Å². The minimum absolute atomic E-state index is 0.0199. The molecule has 2 aliphatic heterocycles. The van der Waals surface area contributed by atoms with E-state index in [-0.39, 0.29) is 5.60 Å². The Morgan fingerprint density at radius 2 is 2.12 bits per heavy atom. The first-order valence-corrected chi connectivity index (χ1v) is 6.25. The molecule has 4 heteroatoms. The first-order valence-electron chi connectivity index (χ1n) is 6.25. The highest BCUT2D eigenvalue weighted by Gasteiger charge is 2.35. The monoisotopic (exact) mass is 228 g/mol. The summed E-state index contributed by atoms with van der Waals surface area (Å²) in [6.45, 7) is 8.92. The van der Waals surface area contributed by atoms with E-state index < -0.39 is 0 Å². The van der Waals surface area contributed by atoms with E-state index in [1.54, 1.807) is 0 Å². The molecule has 0 bridgehead atoms. The second-order valence-corrected chi connectivity index (χ2v) is 5.40. The summed E-state index contributed by atoms with van der Waals surface area (Å²) in [5, 5.41) is 3.42. The molecule has 1 N–H and O–H groups in total. The van der Waals surface area contributed by atoms with Crippen molar-refractivity contribution in [2.75, 3.05) is 40.0 Å². The fraction of sp³-hybridized carbons (Fsp3) is 1.00. The molecule has 4 nitrogen and oxygen atoms in total. The van der Waals surface area contributed by atoms with Crippen LogP contribution in [0.25, 0.3) is 0 Å². The zero-order valence-electron chi connectivity index (χ0n) is 10.7. The predicted octanol–water partition coefficient (Wildman–Crippen LogP) is 0.474. The van der Waals surface area contributed by atoms with Gasteiger partial charge in [-0.05, 0) is 27.3 Å². The lowest BCUT2D eigenvalue weighted by Gasteiger charge is -2.46. The molecule has 2 aliphatic rings. The van der Waals surface area contributed by atoms with E-state index in [0.29, 0.717) is 12.1 Å². The predicted molar refractivity (Wildman–Crippen MR) is 63.7 cm³/mol. The first kappa shape index (κ1) is 12.3. The molecule has 0 saturated carbocycles. The summed E-state index contributed by atoms with van der Waals surface area (Å²) in [6, 6.07) is 1.06. The van der Waals surface area contributed by atoms with Gasteiger partial charge in [0.1, 0.15) is 0 Å². The van der Waals surface area contributed by atoms with Gasteiger partial charge in [0, 0.05) is 31.8 Å². The Labute approximate surface area is 98.3 Å². The van der Waals surface area contributed by atoms with E-state index in [1.807, 2.05) is 0 Å². The highest BCUT2D eigenvalue weighted by Crippen LogP contribution is 2.22. The number of rotatable bonds is 2. The fourth-order valence-corrected chi connectivity index (χ4v) is 2.76. The summed E-state index contributed by atoms with van der Waals surface area (Å²) in [5.74, 6) is 0. The minimum Gasteiger partial charge on any atom is -0.380 e. The quantitative estimate of drug-likeness (QED) is 0.745. The van der Waals surface area contributed by atoms with Crippen molar-refractivity contribution in [3.63, 3.8) is 0 Å². The molecule has 0 aromatic carbocycles. The number of ether oxygens (including phenoxy) is 2. The van der Waals surface area contributed by atoms with Gasteiger partial charge >= 0.3 is 0 Å². The Kier molecular flexibility index (Phi) is 3.85. The van der Waals surface area contributed by atoms with Crippen molar-refractivity contribution in [2.45, 2.75) is 38.0 Å². The molecular weight excluding hydrogens is 204 g/mol. The van der Waals surface area contributed by atoms with Gasteiger partial charge in [-0.1, -0.05) is 0 Å². The SMILES string of the molecule is CNC1CCOCC1N1CCOC(C)(C)C1. The molecule has 2 rings (SSSR count). The lowest BCUT2D eigenvalue weighted by atomic mass is 9.98. The van der Waals surface area contributed by atoms with Gasteiger partial charge in [-0.15, -0.1) is 0 Å². The molecule has 2 saturated heterocycles. The Morgan fingerprint density at radius 3 is 2.81 bits per heavy atom. The molecule has 0 aromatic rings.